The number of hydrogen-bond donors (Lipinski definition) is 2. The van der Waals surface area contributed by atoms with Gasteiger partial charge in [-0.25, -0.2) is 18.1 Å². The highest BCUT2D eigenvalue weighted by atomic mass is 32.2. The van der Waals surface area contributed by atoms with Gasteiger partial charge >= 0.3 is 0 Å². The number of pyridine rings is 1. The summed E-state index contributed by atoms with van der Waals surface area (Å²) in [7, 11) is -3.51. The Bertz CT molecular complexity index is 577. The monoisotopic (exact) mass is 297 g/mol. The fraction of sp³-hybridized carbons (Fsp3) is 0.643. The summed E-state index contributed by atoms with van der Waals surface area (Å²) >= 11 is 0. The minimum atomic E-state index is -3.51. The first-order chi connectivity index (χ1) is 9.13. The molecule has 6 heteroatoms. The molecule has 1 aromatic rings. The molecule has 112 valence electrons. The zero-order valence-electron chi connectivity index (χ0n) is 12.7. The lowest BCUT2D eigenvalue weighted by atomic mass is 10.0. The lowest BCUT2D eigenvalue weighted by Gasteiger charge is -2.09. The first-order valence-corrected chi connectivity index (χ1v) is 8.33. The summed E-state index contributed by atoms with van der Waals surface area (Å²) in [5.41, 5.74) is -0.0611. The predicted octanol–water partition coefficient (Wildman–Crippen LogP) is 2.23. The van der Waals surface area contributed by atoms with Crippen LogP contribution in [0.25, 0.3) is 0 Å². The quantitative estimate of drug-likeness (QED) is 0.874. The Morgan fingerprint density at radius 2 is 1.80 bits per heavy atom. The Kier molecular flexibility index (Phi) is 3.59. The molecule has 0 aliphatic heterocycles. The molecule has 0 bridgehead atoms. The van der Waals surface area contributed by atoms with Crippen LogP contribution >= 0.6 is 0 Å². The van der Waals surface area contributed by atoms with Crippen molar-refractivity contribution < 1.29 is 8.42 Å². The summed E-state index contributed by atoms with van der Waals surface area (Å²) in [6.45, 7) is 11.0. The third-order valence-electron chi connectivity index (χ3n) is 4.70. The van der Waals surface area contributed by atoms with Crippen molar-refractivity contribution >= 4 is 15.8 Å². The largest absolute Gasteiger partial charge is 0.370 e. The lowest BCUT2D eigenvalue weighted by Crippen LogP contribution is -2.30. The molecule has 1 aliphatic carbocycles. The molecule has 5 nitrogen and oxygen atoms in total. The first kappa shape index (κ1) is 15.3. The molecule has 2 N–H and O–H groups in total. The van der Waals surface area contributed by atoms with E-state index < -0.39 is 10.0 Å². The van der Waals surface area contributed by atoms with Crippen molar-refractivity contribution in [1.82, 2.24) is 9.71 Å². The third kappa shape index (κ3) is 2.42. The van der Waals surface area contributed by atoms with Crippen LogP contribution in [0, 0.1) is 10.8 Å². The molecule has 1 aliphatic rings. The SMILES string of the molecule is CCNc1ccc(S(=O)(=O)NC2C(C)(C)C2(C)C)cn1. The Morgan fingerprint density at radius 1 is 1.20 bits per heavy atom. The van der Waals surface area contributed by atoms with Crippen molar-refractivity contribution in [3.63, 3.8) is 0 Å². The highest BCUT2D eigenvalue weighted by Crippen LogP contribution is 2.62. The second kappa shape index (κ2) is 4.70. The van der Waals surface area contributed by atoms with E-state index >= 15 is 0 Å². The van der Waals surface area contributed by atoms with Gasteiger partial charge in [0.05, 0.1) is 0 Å². The Labute approximate surface area is 121 Å². The van der Waals surface area contributed by atoms with Crippen LogP contribution in [0.5, 0.6) is 0 Å². The molecule has 1 fully saturated rings. The molecule has 1 heterocycles. The summed E-state index contributed by atoms with van der Waals surface area (Å²) in [5, 5.41) is 3.04. The van der Waals surface area contributed by atoms with Gasteiger partial charge in [-0.2, -0.15) is 0 Å². The molecular weight excluding hydrogens is 274 g/mol. The maximum absolute atomic E-state index is 12.4. The minimum absolute atomic E-state index is 0.0306. The summed E-state index contributed by atoms with van der Waals surface area (Å²) in [4.78, 5) is 4.31. The van der Waals surface area contributed by atoms with Crippen molar-refractivity contribution in [3.8, 4) is 0 Å². The third-order valence-corrected chi connectivity index (χ3v) is 6.11. The molecule has 0 unspecified atom stereocenters. The maximum atomic E-state index is 12.4. The Hall–Kier alpha value is -1.14. The molecule has 2 rings (SSSR count). The Morgan fingerprint density at radius 3 is 2.20 bits per heavy atom. The second-order valence-corrected chi connectivity index (χ2v) is 8.12. The van der Waals surface area contributed by atoms with Gasteiger partial charge in [-0.1, -0.05) is 27.7 Å². The zero-order valence-corrected chi connectivity index (χ0v) is 13.5. The van der Waals surface area contributed by atoms with Crippen LogP contribution < -0.4 is 10.0 Å². The number of aromatic nitrogens is 1. The van der Waals surface area contributed by atoms with Gasteiger partial charge in [0.25, 0.3) is 0 Å². The van der Waals surface area contributed by atoms with E-state index in [4.69, 9.17) is 0 Å². The van der Waals surface area contributed by atoms with Crippen LogP contribution in [0.3, 0.4) is 0 Å². The van der Waals surface area contributed by atoms with E-state index in [1.807, 2.05) is 6.92 Å². The summed E-state index contributed by atoms with van der Waals surface area (Å²) in [6.07, 6.45) is 1.39. The van der Waals surface area contributed by atoms with E-state index in [0.717, 1.165) is 6.54 Å². The van der Waals surface area contributed by atoms with Crippen LogP contribution in [0.1, 0.15) is 34.6 Å². The van der Waals surface area contributed by atoms with Crippen molar-refractivity contribution in [1.29, 1.82) is 0 Å². The smallest absolute Gasteiger partial charge is 0.242 e. The standard InChI is InChI=1S/C14H23N3O2S/c1-6-15-11-8-7-10(9-16-11)20(18,19)17-12-13(2,3)14(12,4)5/h7-9,12,17H,6H2,1-5H3,(H,15,16). The Balaban J connectivity index is 2.16. The van der Waals surface area contributed by atoms with Gasteiger partial charge in [-0.15, -0.1) is 0 Å². The van der Waals surface area contributed by atoms with Gasteiger partial charge < -0.3 is 5.32 Å². The van der Waals surface area contributed by atoms with Crippen molar-refractivity contribution in [2.24, 2.45) is 10.8 Å². The molecule has 0 radical (unpaired) electrons. The fourth-order valence-electron chi connectivity index (χ4n) is 2.54. The highest BCUT2D eigenvalue weighted by molar-refractivity contribution is 7.89. The molecule has 1 aromatic heterocycles. The predicted molar refractivity (Wildman–Crippen MR) is 80.1 cm³/mol. The van der Waals surface area contributed by atoms with Crippen LogP contribution in [-0.4, -0.2) is 26.0 Å². The van der Waals surface area contributed by atoms with E-state index in [-0.39, 0.29) is 21.8 Å². The number of sulfonamides is 1. The number of rotatable bonds is 5. The maximum Gasteiger partial charge on any atom is 0.242 e. The number of nitrogens with one attached hydrogen (secondary N) is 2. The molecular formula is C14H23N3O2S. The molecule has 0 atom stereocenters. The molecule has 20 heavy (non-hydrogen) atoms. The highest BCUT2D eigenvalue weighted by Gasteiger charge is 2.66. The van der Waals surface area contributed by atoms with E-state index in [0.29, 0.717) is 5.82 Å². The molecule has 0 spiro atoms. The van der Waals surface area contributed by atoms with Crippen molar-refractivity contribution in [3.05, 3.63) is 18.3 Å². The van der Waals surface area contributed by atoms with Crippen LogP contribution in [0.4, 0.5) is 5.82 Å². The topological polar surface area (TPSA) is 71.1 Å². The van der Waals surface area contributed by atoms with Gasteiger partial charge in [-0.05, 0) is 29.9 Å². The van der Waals surface area contributed by atoms with Crippen molar-refractivity contribution in [2.75, 3.05) is 11.9 Å². The number of anilines is 1. The normalized spacial score (nSPS) is 20.6. The average Bonchev–Trinajstić information content (AvgIpc) is 2.72. The van der Waals surface area contributed by atoms with Crippen molar-refractivity contribution in [2.45, 2.75) is 45.6 Å². The molecule has 0 amide bonds. The summed E-state index contributed by atoms with van der Waals surface area (Å²) < 4.78 is 27.5. The minimum Gasteiger partial charge on any atom is -0.370 e. The van der Waals surface area contributed by atoms with Gasteiger partial charge in [0.1, 0.15) is 10.7 Å². The molecule has 0 aromatic carbocycles. The first-order valence-electron chi connectivity index (χ1n) is 6.85. The number of nitrogens with zero attached hydrogens (tertiary/aromatic N) is 1. The van der Waals surface area contributed by atoms with Gasteiger partial charge in [0.15, 0.2) is 0 Å². The van der Waals surface area contributed by atoms with Gasteiger partial charge in [-0.3, -0.25) is 0 Å². The summed E-state index contributed by atoms with van der Waals surface area (Å²) in [5.74, 6) is 0.679. The average molecular weight is 297 g/mol. The summed E-state index contributed by atoms with van der Waals surface area (Å²) in [6, 6.07) is 3.21. The molecule has 1 saturated carbocycles. The van der Waals surface area contributed by atoms with E-state index in [1.54, 1.807) is 12.1 Å². The van der Waals surface area contributed by atoms with Crippen LogP contribution in [-0.2, 0) is 10.0 Å². The van der Waals surface area contributed by atoms with Crippen LogP contribution in [0.2, 0.25) is 0 Å². The van der Waals surface area contributed by atoms with E-state index in [9.17, 15) is 8.42 Å². The second-order valence-electron chi connectivity index (χ2n) is 6.41. The van der Waals surface area contributed by atoms with Gasteiger partial charge in [0.2, 0.25) is 10.0 Å². The van der Waals surface area contributed by atoms with E-state index in [1.165, 1.54) is 6.20 Å². The molecule has 0 saturated heterocycles. The van der Waals surface area contributed by atoms with Gasteiger partial charge in [0, 0.05) is 18.8 Å². The van der Waals surface area contributed by atoms with E-state index in [2.05, 4.69) is 42.7 Å². The number of hydrogen-bond acceptors (Lipinski definition) is 4. The fourth-order valence-corrected chi connectivity index (χ4v) is 4.01. The zero-order chi connectivity index (χ0) is 15.2. The lowest BCUT2D eigenvalue weighted by molar-refractivity contribution is 0.457. The van der Waals surface area contributed by atoms with Crippen LogP contribution in [0.15, 0.2) is 23.2 Å².